The maximum absolute atomic E-state index is 13.0. The number of carbonyl (C=O) groups excluding carboxylic acids is 1. The van der Waals surface area contributed by atoms with E-state index in [1.165, 1.54) is 35.1 Å². The Balaban J connectivity index is 0.000000206. The predicted molar refractivity (Wildman–Crippen MR) is 96.2 cm³/mol. The summed E-state index contributed by atoms with van der Waals surface area (Å²) in [5.41, 5.74) is 3.25. The second-order valence-corrected chi connectivity index (χ2v) is 6.49. The van der Waals surface area contributed by atoms with Crippen LogP contribution in [0.2, 0.25) is 0 Å². The quantitative estimate of drug-likeness (QED) is 0.839. The molecule has 26 heavy (non-hydrogen) atoms. The van der Waals surface area contributed by atoms with Crippen molar-refractivity contribution in [1.82, 2.24) is 5.06 Å². The lowest BCUT2D eigenvalue weighted by Gasteiger charge is -2.33. The molecule has 2 atom stereocenters. The first-order valence-corrected chi connectivity index (χ1v) is 8.68. The van der Waals surface area contributed by atoms with Gasteiger partial charge in [0.05, 0.1) is 12.3 Å². The van der Waals surface area contributed by atoms with Crippen molar-refractivity contribution in [2.24, 2.45) is 0 Å². The minimum Gasteiger partial charge on any atom is -0.498 e. The van der Waals surface area contributed by atoms with Crippen LogP contribution in [0.25, 0.3) is 0 Å². The second kappa shape index (κ2) is 8.25. The maximum Gasteiger partial charge on any atom is 0.162 e. The Kier molecular flexibility index (Phi) is 5.81. The molecule has 0 aromatic heterocycles. The molecule has 2 aromatic carbocycles. The third kappa shape index (κ3) is 4.36. The Morgan fingerprint density at radius 1 is 1.15 bits per heavy atom. The summed E-state index contributed by atoms with van der Waals surface area (Å²) in [6.45, 7) is 2.47. The molecule has 4 rings (SSSR count). The van der Waals surface area contributed by atoms with E-state index in [9.17, 15) is 14.4 Å². The van der Waals surface area contributed by atoms with Crippen molar-refractivity contribution in [3.63, 3.8) is 0 Å². The largest absolute Gasteiger partial charge is 0.498 e. The minimum absolute atomic E-state index is 0.0764. The smallest absolute Gasteiger partial charge is 0.162 e. The first-order valence-electron chi connectivity index (χ1n) is 8.68. The first-order chi connectivity index (χ1) is 12.5. The summed E-state index contributed by atoms with van der Waals surface area (Å²) in [5.74, 6) is -0.101. The Labute approximate surface area is 152 Å². The van der Waals surface area contributed by atoms with Gasteiger partial charge in [0.25, 0.3) is 0 Å². The van der Waals surface area contributed by atoms with E-state index in [0.717, 1.165) is 17.5 Å². The van der Waals surface area contributed by atoms with Gasteiger partial charge < -0.3 is 9.94 Å². The van der Waals surface area contributed by atoms with E-state index in [1.54, 1.807) is 12.1 Å². The molecular weight excluding hydrogens is 333 g/mol. The fourth-order valence-electron chi connectivity index (χ4n) is 3.20. The van der Waals surface area contributed by atoms with E-state index in [0.29, 0.717) is 13.0 Å². The van der Waals surface area contributed by atoms with Crippen LogP contribution in [-0.4, -0.2) is 28.7 Å². The van der Waals surface area contributed by atoms with Crippen molar-refractivity contribution < 1.29 is 19.1 Å². The third-order valence-electron chi connectivity index (χ3n) is 4.50. The molecule has 0 spiro atoms. The van der Waals surface area contributed by atoms with Crippen molar-refractivity contribution in [3.8, 4) is 0 Å². The molecule has 0 radical (unpaired) electrons. The lowest BCUT2D eigenvalue weighted by atomic mass is 9.89. The van der Waals surface area contributed by atoms with Crippen LogP contribution in [0, 0.1) is 5.82 Å². The number of carbonyl (C=O) groups is 1. The van der Waals surface area contributed by atoms with Crippen LogP contribution in [0.3, 0.4) is 0 Å². The van der Waals surface area contributed by atoms with Crippen molar-refractivity contribution in [2.45, 2.75) is 31.9 Å². The maximum atomic E-state index is 13.0. The van der Waals surface area contributed by atoms with Crippen LogP contribution in [-0.2, 0) is 16.0 Å². The molecule has 0 saturated heterocycles. The molecule has 5 heteroatoms. The fraction of sp³-hybridized carbons (Fsp3) is 0.286. The van der Waals surface area contributed by atoms with E-state index in [-0.39, 0.29) is 23.7 Å². The van der Waals surface area contributed by atoms with Gasteiger partial charge >= 0.3 is 0 Å². The highest BCUT2D eigenvalue weighted by atomic mass is 19.1. The molecule has 0 unspecified atom stereocenters. The van der Waals surface area contributed by atoms with E-state index in [1.807, 2.05) is 25.1 Å². The highest BCUT2D eigenvalue weighted by Crippen LogP contribution is 2.33. The van der Waals surface area contributed by atoms with Crippen LogP contribution in [0.1, 0.15) is 36.1 Å². The zero-order chi connectivity index (χ0) is 18.5. The summed E-state index contributed by atoms with van der Waals surface area (Å²) < 4.78 is 17.9. The number of fused-ring (bicyclic) bond motifs is 1. The Morgan fingerprint density at radius 3 is 2.54 bits per heavy atom. The molecule has 2 aliphatic rings. The first kappa shape index (κ1) is 18.3. The van der Waals surface area contributed by atoms with Crippen LogP contribution in [0.5, 0.6) is 0 Å². The molecule has 2 heterocycles. The molecule has 4 nitrogen and oxygen atoms in total. The number of halogens is 1. The molecule has 0 fully saturated rings. The SMILES string of the molecule is C[C@@H]1CC(=O)C=CO1.ON1CCc2ccccc2[C@@H]1c1ccc(F)cc1. The molecule has 0 bridgehead atoms. The van der Waals surface area contributed by atoms with Gasteiger partial charge in [0, 0.05) is 19.0 Å². The number of hydrogen-bond acceptors (Lipinski definition) is 4. The van der Waals surface area contributed by atoms with Crippen molar-refractivity contribution in [1.29, 1.82) is 0 Å². The van der Waals surface area contributed by atoms with Crippen LogP contribution < -0.4 is 0 Å². The normalized spacial score (nSPS) is 22.0. The van der Waals surface area contributed by atoms with Crippen LogP contribution in [0.15, 0.2) is 60.9 Å². The summed E-state index contributed by atoms with van der Waals surface area (Å²) in [4.78, 5) is 10.5. The zero-order valence-electron chi connectivity index (χ0n) is 14.6. The molecule has 0 amide bonds. The van der Waals surface area contributed by atoms with Gasteiger partial charge in [0.2, 0.25) is 0 Å². The fourth-order valence-corrected chi connectivity index (χ4v) is 3.20. The Morgan fingerprint density at radius 2 is 1.88 bits per heavy atom. The number of ketones is 1. The topological polar surface area (TPSA) is 49.8 Å². The van der Waals surface area contributed by atoms with Gasteiger partial charge in [-0.05, 0) is 42.2 Å². The lowest BCUT2D eigenvalue weighted by Crippen LogP contribution is -2.33. The van der Waals surface area contributed by atoms with Gasteiger partial charge in [-0.25, -0.2) is 4.39 Å². The lowest BCUT2D eigenvalue weighted by molar-refractivity contribution is -0.121. The van der Waals surface area contributed by atoms with E-state index in [2.05, 4.69) is 6.07 Å². The van der Waals surface area contributed by atoms with Crippen LogP contribution >= 0.6 is 0 Å². The summed E-state index contributed by atoms with van der Waals surface area (Å²) in [5, 5.41) is 11.4. The average Bonchev–Trinajstić information content (AvgIpc) is 2.63. The summed E-state index contributed by atoms with van der Waals surface area (Å²) in [6, 6.07) is 14.2. The van der Waals surface area contributed by atoms with Gasteiger partial charge in [-0.1, -0.05) is 36.4 Å². The number of benzene rings is 2. The van der Waals surface area contributed by atoms with E-state index in [4.69, 9.17) is 4.74 Å². The second-order valence-electron chi connectivity index (χ2n) is 6.49. The molecule has 2 aromatic rings. The number of ether oxygens (including phenoxy) is 1. The van der Waals surface area contributed by atoms with Crippen molar-refractivity contribution in [3.05, 3.63) is 83.4 Å². The van der Waals surface area contributed by atoms with Gasteiger partial charge in [0.1, 0.15) is 11.9 Å². The number of hydroxylamine groups is 2. The molecule has 136 valence electrons. The molecular formula is C21H22FNO3. The van der Waals surface area contributed by atoms with Gasteiger partial charge in [-0.2, -0.15) is 5.06 Å². The standard InChI is InChI=1S/C15H14FNO.C6H8O2/c16-13-7-5-12(6-8-13)15-14-4-2-1-3-11(14)9-10-17(15)18;1-5-4-6(7)2-3-8-5/h1-8,15,18H,9-10H2;2-3,5H,4H2,1H3/t15-;5-/m01/s1. The molecule has 0 aliphatic carbocycles. The van der Waals surface area contributed by atoms with E-state index < -0.39 is 0 Å². The monoisotopic (exact) mass is 355 g/mol. The van der Waals surface area contributed by atoms with Crippen molar-refractivity contribution >= 4 is 5.78 Å². The third-order valence-corrected chi connectivity index (χ3v) is 4.50. The minimum atomic E-state index is -0.257. The Bertz CT molecular complexity index is 788. The summed E-state index contributed by atoms with van der Waals surface area (Å²) in [7, 11) is 0. The molecule has 0 saturated carbocycles. The number of hydrogen-bond donors (Lipinski definition) is 1. The summed E-state index contributed by atoms with van der Waals surface area (Å²) in [6.07, 6.45) is 4.35. The van der Waals surface area contributed by atoms with Gasteiger partial charge in [-0.3, -0.25) is 4.79 Å². The zero-order valence-corrected chi connectivity index (χ0v) is 14.6. The molecule has 2 aliphatic heterocycles. The number of allylic oxidation sites excluding steroid dienone is 1. The van der Waals surface area contributed by atoms with Crippen molar-refractivity contribution in [2.75, 3.05) is 6.54 Å². The average molecular weight is 355 g/mol. The van der Waals surface area contributed by atoms with Crippen LogP contribution in [0.4, 0.5) is 4.39 Å². The van der Waals surface area contributed by atoms with E-state index >= 15 is 0 Å². The highest BCUT2D eigenvalue weighted by molar-refractivity contribution is 5.90. The van der Waals surface area contributed by atoms with Gasteiger partial charge in [-0.15, -0.1) is 0 Å². The highest BCUT2D eigenvalue weighted by Gasteiger charge is 2.27. The predicted octanol–water partition coefficient (Wildman–Crippen LogP) is 4.04. The summed E-state index contributed by atoms with van der Waals surface area (Å²) >= 11 is 0. The molecule has 1 N–H and O–H groups in total. The number of rotatable bonds is 1. The number of nitrogens with zero attached hydrogens (tertiary/aromatic N) is 1. The van der Waals surface area contributed by atoms with Gasteiger partial charge in [0.15, 0.2) is 5.78 Å². The Hall–Kier alpha value is -2.50.